The van der Waals surface area contributed by atoms with E-state index < -0.39 is 17.8 Å². The van der Waals surface area contributed by atoms with Crippen molar-refractivity contribution < 1.29 is 27.2 Å². The second-order valence-corrected chi connectivity index (χ2v) is 10.4. The molecule has 3 aromatic rings. The predicted molar refractivity (Wildman–Crippen MR) is 146 cm³/mol. The number of Topliss-reactive ketones (excluding diaryl/α,β-unsaturated/α-hetero) is 1. The number of nitrogens with one attached hydrogen (secondary N) is 1. The highest BCUT2D eigenvalue weighted by Crippen LogP contribution is 2.48. The number of rotatable bonds is 6. The van der Waals surface area contributed by atoms with E-state index in [0.717, 1.165) is 30.5 Å². The number of carbonyl (C=O) groups excluding carboxylic acids is 2. The molecule has 0 spiro atoms. The molecule has 1 heterocycles. The molecule has 1 N–H and O–H groups in total. The van der Waals surface area contributed by atoms with Crippen molar-refractivity contribution in [3.8, 4) is 0 Å². The van der Waals surface area contributed by atoms with Crippen molar-refractivity contribution in [3.63, 3.8) is 0 Å². The first-order valence-corrected chi connectivity index (χ1v) is 13.5. The second-order valence-electron chi connectivity index (χ2n) is 10.4. The minimum Gasteiger partial charge on any atom is -0.357 e. The summed E-state index contributed by atoms with van der Waals surface area (Å²) < 4.78 is 53.8. The molecule has 4 nitrogen and oxygen atoms in total. The van der Waals surface area contributed by atoms with Crippen LogP contribution in [0.15, 0.2) is 84.1 Å². The van der Waals surface area contributed by atoms with Crippen molar-refractivity contribution >= 4 is 23.1 Å². The minimum atomic E-state index is -4.51. The number of hydrogen-bond donors (Lipinski definition) is 1. The Bertz CT molecular complexity index is 1430. The normalized spacial score (nSPS) is 19.0. The molecule has 0 radical (unpaired) electrons. The molecular formula is C32H30F4N2O2. The smallest absolute Gasteiger partial charge is 0.357 e. The molecule has 2 aliphatic rings. The van der Waals surface area contributed by atoms with Gasteiger partial charge < -0.3 is 5.32 Å². The van der Waals surface area contributed by atoms with Crippen LogP contribution in [0.1, 0.15) is 74.1 Å². The highest BCUT2D eigenvalue weighted by molar-refractivity contribution is 6.06. The third-order valence-electron chi connectivity index (χ3n) is 7.65. The topological polar surface area (TPSA) is 49.4 Å². The SMILES string of the molecule is CCCCCC(=O)N1c2ccccc2NC2=C(C(=O)C[C@H](c3ccc(F)cc3)C2)[C@@H]1c1ccc(C(F)(F)F)cc1. The van der Waals surface area contributed by atoms with E-state index >= 15 is 0 Å². The van der Waals surface area contributed by atoms with Crippen LogP contribution < -0.4 is 10.2 Å². The van der Waals surface area contributed by atoms with Crippen LogP contribution in [0.3, 0.4) is 0 Å². The molecular weight excluding hydrogens is 520 g/mol. The summed E-state index contributed by atoms with van der Waals surface area (Å²) in [7, 11) is 0. The molecule has 2 atom stereocenters. The van der Waals surface area contributed by atoms with Crippen LogP contribution in [0, 0.1) is 5.82 Å². The molecule has 1 amide bonds. The Hall–Kier alpha value is -3.94. The van der Waals surface area contributed by atoms with E-state index in [0.29, 0.717) is 41.1 Å². The fourth-order valence-electron chi connectivity index (χ4n) is 5.65. The van der Waals surface area contributed by atoms with E-state index in [-0.39, 0.29) is 36.3 Å². The summed E-state index contributed by atoms with van der Waals surface area (Å²) in [6.07, 6.45) is -1.27. The Morgan fingerprint density at radius 2 is 1.60 bits per heavy atom. The van der Waals surface area contributed by atoms with Crippen molar-refractivity contribution in [1.82, 2.24) is 0 Å². The van der Waals surface area contributed by atoms with Crippen LogP contribution in [0.4, 0.5) is 28.9 Å². The van der Waals surface area contributed by atoms with Gasteiger partial charge in [-0.15, -0.1) is 0 Å². The molecule has 40 heavy (non-hydrogen) atoms. The van der Waals surface area contributed by atoms with Gasteiger partial charge in [0.2, 0.25) is 5.91 Å². The zero-order chi connectivity index (χ0) is 28.4. The number of hydrogen-bond acceptors (Lipinski definition) is 3. The summed E-state index contributed by atoms with van der Waals surface area (Å²) in [5.74, 6) is -0.986. The molecule has 1 aliphatic heterocycles. The quantitative estimate of drug-likeness (QED) is 0.248. The van der Waals surface area contributed by atoms with Crippen LogP contribution >= 0.6 is 0 Å². The summed E-state index contributed by atoms with van der Waals surface area (Å²) in [6.45, 7) is 2.04. The fraction of sp³-hybridized carbons (Fsp3) is 0.312. The summed E-state index contributed by atoms with van der Waals surface area (Å²) in [6, 6.07) is 17.1. The molecule has 0 saturated heterocycles. The van der Waals surface area contributed by atoms with Gasteiger partial charge in [0, 0.05) is 24.1 Å². The lowest BCUT2D eigenvalue weighted by Crippen LogP contribution is -2.38. The lowest BCUT2D eigenvalue weighted by atomic mass is 9.78. The number of allylic oxidation sites excluding steroid dienone is 1. The molecule has 0 saturated carbocycles. The Balaban J connectivity index is 1.66. The number of carbonyl (C=O) groups is 2. The molecule has 0 fully saturated rings. The molecule has 5 rings (SSSR count). The number of halogens is 4. The number of unbranched alkanes of at least 4 members (excludes halogenated alkanes) is 2. The highest BCUT2D eigenvalue weighted by atomic mass is 19.4. The van der Waals surface area contributed by atoms with E-state index in [1.54, 1.807) is 29.2 Å². The van der Waals surface area contributed by atoms with Gasteiger partial charge in [-0.25, -0.2) is 4.39 Å². The van der Waals surface area contributed by atoms with E-state index in [9.17, 15) is 27.2 Å². The number of ketones is 1. The number of anilines is 2. The largest absolute Gasteiger partial charge is 0.416 e. The summed E-state index contributed by atoms with van der Waals surface area (Å²) in [5, 5.41) is 3.40. The third kappa shape index (κ3) is 5.53. The van der Waals surface area contributed by atoms with Crippen molar-refractivity contribution in [2.24, 2.45) is 0 Å². The van der Waals surface area contributed by atoms with Gasteiger partial charge in [-0.1, -0.05) is 56.2 Å². The highest BCUT2D eigenvalue weighted by Gasteiger charge is 2.42. The molecule has 0 bridgehead atoms. The average molecular weight is 551 g/mol. The number of para-hydroxylation sites is 2. The third-order valence-corrected chi connectivity index (χ3v) is 7.65. The van der Waals surface area contributed by atoms with Gasteiger partial charge in [-0.2, -0.15) is 13.2 Å². The predicted octanol–water partition coefficient (Wildman–Crippen LogP) is 8.33. The van der Waals surface area contributed by atoms with Gasteiger partial charge in [0.05, 0.1) is 23.0 Å². The van der Waals surface area contributed by atoms with Crippen molar-refractivity contribution in [2.45, 2.75) is 63.6 Å². The summed E-state index contributed by atoms with van der Waals surface area (Å²) in [4.78, 5) is 29.4. The first-order chi connectivity index (χ1) is 19.2. The zero-order valence-electron chi connectivity index (χ0n) is 22.1. The van der Waals surface area contributed by atoms with Gasteiger partial charge in [-0.3, -0.25) is 14.5 Å². The number of alkyl halides is 3. The lowest BCUT2D eigenvalue weighted by molar-refractivity contribution is -0.137. The van der Waals surface area contributed by atoms with Crippen LogP contribution in [0.5, 0.6) is 0 Å². The van der Waals surface area contributed by atoms with E-state index in [4.69, 9.17) is 0 Å². The number of fused-ring (bicyclic) bond motifs is 1. The first-order valence-electron chi connectivity index (χ1n) is 13.5. The lowest BCUT2D eigenvalue weighted by Gasteiger charge is -2.35. The second kappa shape index (κ2) is 11.3. The van der Waals surface area contributed by atoms with E-state index in [1.165, 1.54) is 24.3 Å². The van der Waals surface area contributed by atoms with Gasteiger partial charge in [0.1, 0.15) is 5.82 Å². The average Bonchev–Trinajstić information content (AvgIpc) is 3.08. The molecule has 1 aliphatic carbocycles. The van der Waals surface area contributed by atoms with E-state index in [1.807, 2.05) is 19.1 Å². The first kappa shape index (κ1) is 27.6. The fourth-order valence-corrected chi connectivity index (χ4v) is 5.65. The summed E-state index contributed by atoms with van der Waals surface area (Å²) >= 11 is 0. The molecule has 208 valence electrons. The van der Waals surface area contributed by atoms with Gasteiger partial charge in [0.25, 0.3) is 0 Å². The maximum absolute atomic E-state index is 13.9. The Morgan fingerprint density at radius 1 is 0.925 bits per heavy atom. The zero-order valence-corrected chi connectivity index (χ0v) is 22.1. The van der Waals surface area contributed by atoms with Crippen LogP contribution in [-0.4, -0.2) is 11.7 Å². The van der Waals surface area contributed by atoms with Crippen LogP contribution in [-0.2, 0) is 15.8 Å². The van der Waals surface area contributed by atoms with Gasteiger partial charge in [0.15, 0.2) is 5.78 Å². The standard InChI is InChI=1S/C32H30F4N2O2/c1-2-3-4-9-29(40)38-27-8-6-5-7-25(27)37-26-18-22(20-12-16-24(33)17-13-20)19-28(39)30(26)31(38)21-10-14-23(15-11-21)32(34,35)36/h5-8,10-17,22,31,37H,2-4,9,18-19H2,1H3/t22-,31+/m1/s1. The Morgan fingerprint density at radius 3 is 2.27 bits per heavy atom. The minimum absolute atomic E-state index is 0.136. The number of nitrogens with zero attached hydrogens (tertiary/aromatic N) is 1. The van der Waals surface area contributed by atoms with Gasteiger partial charge >= 0.3 is 6.18 Å². The Labute approximate surface area is 230 Å². The molecule has 0 aromatic heterocycles. The van der Waals surface area contributed by atoms with Crippen molar-refractivity contribution in [1.29, 1.82) is 0 Å². The van der Waals surface area contributed by atoms with E-state index in [2.05, 4.69) is 5.32 Å². The molecule has 3 aromatic carbocycles. The van der Waals surface area contributed by atoms with Crippen LogP contribution in [0.25, 0.3) is 0 Å². The van der Waals surface area contributed by atoms with Crippen molar-refractivity contribution in [2.75, 3.05) is 10.2 Å². The maximum atomic E-state index is 13.9. The maximum Gasteiger partial charge on any atom is 0.416 e. The monoisotopic (exact) mass is 550 g/mol. The molecule has 8 heteroatoms. The van der Waals surface area contributed by atoms with Crippen LogP contribution in [0.2, 0.25) is 0 Å². The summed E-state index contributed by atoms with van der Waals surface area (Å²) in [5.41, 5.74) is 2.64. The molecule has 0 unspecified atom stereocenters. The number of benzene rings is 3. The number of amides is 1. The van der Waals surface area contributed by atoms with Gasteiger partial charge in [-0.05, 0) is 66.3 Å². The Kier molecular flexibility index (Phi) is 7.79. The van der Waals surface area contributed by atoms with Crippen molar-refractivity contribution in [3.05, 3.63) is 107 Å².